The van der Waals surface area contributed by atoms with E-state index in [1.54, 1.807) is 12.3 Å². The molecule has 1 aliphatic heterocycles. The van der Waals surface area contributed by atoms with Crippen LogP contribution in [0.15, 0.2) is 23.3 Å². The largest absolute Gasteiger partial charge is 0.357 e. The SMILES string of the molecule is CCNC(=NCC1CCN(S(C)(=O)=O)C1)NCCc1ccc(Cl)nc1. The van der Waals surface area contributed by atoms with Gasteiger partial charge in [0.1, 0.15) is 5.15 Å². The maximum absolute atomic E-state index is 11.6. The molecule has 0 spiro atoms. The van der Waals surface area contributed by atoms with E-state index in [2.05, 4.69) is 20.6 Å². The van der Waals surface area contributed by atoms with Crippen LogP contribution in [0.1, 0.15) is 18.9 Å². The molecular formula is C16H26ClN5O2S. The highest BCUT2D eigenvalue weighted by molar-refractivity contribution is 7.88. The van der Waals surface area contributed by atoms with Crippen LogP contribution >= 0.6 is 11.6 Å². The van der Waals surface area contributed by atoms with Crippen LogP contribution in [-0.4, -0.2) is 62.6 Å². The van der Waals surface area contributed by atoms with E-state index in [0.29, 0.717) is 24.8 Å². The maximum Gasteiger partial charge on any atom is 0.211 e. The number of hydrogen-bond donors (Lipinski definition) is 2. The van der Waals surface area contributed by atoms with Crippen molar-refractivity contribution in [2.24, 2.45) is 10.9 Å². The first-order chi connectivity index (χ1) is 11.9. The lowest BCUT2D eigenvalue weighted by molar-refractivity contribution is 0.464. The van der Waals surface area contributed by atoms with Crippen LogP contribution in [0.4, 0.5) is 0 Å². The molecule has 2 rings (SSSR count). The van der Waals surface area contributed by atoms with Crippen molar-refractivity contribution in [1.29, 1.82) is 0 Å². The molecule has 1 fully saturated rings. The minimum Gasteiger partial charge on any atom is -0.357 e. The van der Waals surface area contributed by atoms with Gasteiger partial charge in [-0.3, -0.25) is 4.99 Å². The first-order valence-corrected chi connectivity index (χ1v) is 10.7. The van der Waals surface area contributed by atoms with Gasteiger partial charge in [0, 0.05) is 38.9 Å². The molecule has 25 heavy (non-hydrogen) atoms. The first kappa shape index (κ1) is 19.9. The van der Waals surface area contributed by atoms with Crippen LogP contribution in [0.2, 0.25) is 5.15 Å². The third kappa shape index (κ3) is 6.80. The number of nitrogens with zero attached hydrogens (tertiary/aromatic N) is 3. The Bertz CT molecular complexity index is 678. The molecule has 0 saturated carbocycles. The van der Waals surface area contributed by atoms with Crippen molar-refractivity contribution in [2.45, 2.75) is 19.8 Å². The average Bonchev–Trinajstić information content (AvgIpc) is 3.04. The van der Waals surface area contributed by atoms with Crippen LogP contribution in [0, 0.1) is 5.92 Å². The second-order valence-corrected chi connectivity index (χ2v) is 8.53. The van der Waals surface area contributed by atoms with Crippen LogP contribution in [0.3, 0.4) is 0 Å². The van der Waals surface area contributed by atoms with Gasteiger partial charge in [0.05, 0.1) is 6.26 Å². The van der Waals surface area contributed by atoms with Gasteiger partial charge in [-0.1, -0.05) is 17.7 Å². The van der Waals surface area contributed by atoms with E-state index in [1.165, 1.54) is 10.6 Å². The van der Waals surface area contributed by atoms with Gasteiger partial charge in [-0.25, -0.2) is 17.7 Å². The summed E-state index contributed by atoms with van der Waals surface area (Å²) in [6.07, 6.45) is 4.70. The summed E-state index contributed by atoms with van der Waals surface area (Å²) in [5.41, 5.74) is 1.10. The standard InChI is InChI=1S/C16H26ClN5O2S/c1-3-18-16(19-8-6-13-4-5-15(17)20-10-13)21-11-14-7-9-22(12-14)25(2,23)24/h4-5,10,14H,3,6-9,11-12H2,1-2H3,(H2,18,19,21). The molecule has 1 unspecified atom stereocenters. The zero-order chi connectivity index (χ0) is 18.3. The van der Waals surface area contributed by atoms with Crippen molar-refractivity contribution < 1.29 is 8.42 Å². The maximum atomic E-state index is 11.6. The summed E-state index contributed by atoms with van der Waals surface area (Å²) in [6, 6.07) is 3.74. The fourth-order valence-corrected chi connectivity index (χ4v) is 3.72. The van der Waals surface area contributed by atoms with Crippen LogP contribution in [0.5, 0.6) is 0 Å². The highest BCUT2D eigenvalue weighted by Crippen LogP contribution is 2.18. The molecule has 2 N–H and O–H groups in total. The van der Waals surface area contributed by atoms with E-state index in [4.69, 9.17) is 11.6 Å². The summed E-state index contributed by atoms with van der Waals surface area (Å²) in [5, 5.41) is 7.00. The molecule has 2 heterocycles. The number of hydrogen-bond acceptors (Lipinski definition) is 4. The number of pyridine rings is 1. The Hall–Kier alpha value is -1.38. The van der Waals surface area contributed by atoms with Gasteiger partial charge in [0.25, 0.3) is 0 Å². The summed E-state index contributed by atoms with van der Waals surface area (Å²) < 4.78 is 24.7. The van der Waals surface area contributed by atoms with Gasteiger partial charge >= 0.3 is 0 Å². The minimum absolute atomic E-state index is 0.269. The van der Waals surface area contributed by atoms with Crippen molar-refractivity contribution in [3.8, 4) is 0 Å². The van der Waals surface area contributed by atoms with E-state index in [-0.39, 0.29) is 5.92 Å². The van der Waals surface area contributed by atoms with E-state index in [1.807, 2.05) is 13.0 Å². The van der Waals surface area contributed by atoms with Crippen LogP contribution < -0.4 is 10.6 Å². The van der Waals surface area contributed by atoms with Gasteiger partial charge in [-0.2, -0.15) is 0 Å². The third-order valence-corrected chi connectivity index (χ3v) is 5.56. The average molecular weight is 388 g/mol. The number of aliphatic imine (C=N–C) groups is 1. The first-order valence-electron chi connectivity index (χ1n) is 8.46. The Morgan fingerprint density at radius 3 is 2.84 bits per heavy atom. The van der Waals surface area contributed by atoms with Gasteiger partial charge < -0.3 is 10.6 Å². The van der Waals surface area contributed by atoms with E-state index in [0.717, 1.165) is 37.5 Å². The predicted molar refractivity (Wildman–Crippen MR) is 101 cm³/mol. The number of nitrogens with one attached hydrogen (secondary N) is 2. The van der Waals surface area contributed by atoms with E-state index in [9.17, 15) is 8.42 Å². The molecule has 0 aliphatic carbocycles. The van der Waals surface area contributed by atoms with Gasteiger partial charge in [-0.15, -0.1) is 0 Å². The van der Waals surface area contributed by atoms with Crippen molar-refractivity contribution in [3.63, 3.8) is 0 Å². The molecule has 9 heteroatoms. The molecule has 1 aliphatic rings. The molecule has 1 atom stereocenters. The van der Waals surface area contributed by atoms with Crippen molar-refractivity contribution in [1.82, 2.24) is 19.9 Å². The molecule has 0 bridgehead atoms. The second kappa shape index (κ2) is 9.35. The molecule has 1 aromatic heterocycles. The zero-order valence-electron chi connectivity index (χ0n) is 14.7. The highest BCUT2D eigenvalue weighted by atomic mass is 35.5. The van der Waals surface area contributed by atoms with Crippen molar-refractivity contribution in [3.05, 3.63) is 29.0 Å². The second-order valence-electron chi connectivity index (χ2n) is 6.16. The Morgan fingerprint density at radius 1 is 1.44 bits per heavy atom. The lowest BCUT2D eigenvalue weighted by atomic mass is 10.1. The lowest BCUT2D eigenvalue weighted by Gasteiger charge is -2.14. The molecule has 1 saturated heterocycles. The van der Waals surface area contributed by atoms with E-state index >= 15 is 0 Å². The third-order valence-electron chi connectivity index (χ3n) is 4.06. The molecule has 7 nitrogen and oxygen atoms in total. The topological polar surface area (TPSA) is 86.7 Å². The Balaban J connectivity index is 1.81. The molecule has 1 aromatic rings. The smallest absolute Gasteiger partial charge is 0.211 e. The fourth-order valence-electron chi connectivity index (χ4n) is 2.69. The summed E-state index contributed by atoms with van der Waals surface area (Å²) in [5.74, 6) is 1.02. The monoisotopic (exact) mass is 387 g/mol. The van der Waals surface area contributed by atoms with Crippen molar-refractivity contribution in [2.75, 3.05) is 39.0 Å². The molecule has 140 valence electrons. The summed E-state index contributed by atoms with van der Waals surface area (Å²) in [4.78, 5) is 8.66. The quantitative estimate of drug-likeness (QED) is 0.416. The number of halogens is 1. The van der Waals surface area contributed by atoms with Gasteiger partial charge in [-0.05, 0) is 37.3 Å². The minimum atomic E-state index is -3.09. The Labute approximate surface area is 154 Å². The predicted octanol–water partition coefficient (Wildman–Crippen LogP) is 1.11. The fraction of sp³-hybridized carbons (Fsp3) is 0.625. The van der Waals surface area contributed by atoms with Crippen molar-refractivity contribution >= 4 is 27.6 Å². The molecule has 0 amide bonds. The van der Waals surface area contributed by atoms with Crippen LogP contribution in [-0.2, 0) is 16.4 Å². The zero-order valence-corrected chi connectivity index (χ0v) is 16.3. The molecule has 0 aromatic carbocycles. The number of rotatable bonds is 7. The number of aromatic nitrogens is 1. The normalized spacial score (nSPS) is 19.2. The number of guanidine groups is 1. The van der Waals surface area contributed by atoms with Crippen LogP contribution in [0.25, 0.3) is 0 Å². The lowest BCUT2D eigenvalue weighted by Crippen LogP contribution is -2.38. The summed E-state index contributed by atoms with van der Waals surface area (Å²) >= 11 is 5.78. The molecular weight excluding hydrogens is 362 g/mol. The summed E-state index contributed by atoms with van der Waals surface area (Å²) in [6.45, 7) is 5.28. The van der Waals surface area contributed by atoms with E-state index < -0.39 is 10.0 Å². The highest BCUT2D eigenvalue weighted by Gasteiger charge is 2.28. The Morgan fingerprint density at radius 2 is 2.24 bits per heavy atom. The summed E-state index contributed by atoms with van der Waals surface area (Å²) in [7, 11) is -3.09. The molecule has 0 radical (unpaired) electrons. The van der Waals surface area contributed by atoms with Gasteiger partial charge in [0.15, 0.2) is 5.96 Å². The number of sulfonamides is 1. The van der Waals surface area contributed by atoms with Gasteiger partial charge in [0.2, 0.25) is 10.0 Å². The Kier molecular flexibility index (Phi) is 7.46.